The van der Waals surface area contributed by atoms with Crippen LogP contribution in [0.15, 0.2) is 48.5 Å². The fourth-order valence-corrected chi connectivity index (χ4v) is 4.76. The van der Waals surface area contributed by atoms with Gasteiger partial charge in [-0.3, -0.25) is 4.90 Å². The van der Waals surface area contributed by atoms with E-state index >= 15 is 0 Å². The van der Waals surface area contributed by atoms with Crippen LogP contribution >= 0.6 is 0 Å². The molecule has 0 bridgehead atoms. The first kappa shape index (κ1) is 20.0. The van der Waals surface area contributed by atoms with E-state index in [1.807, 2.05) is 12.1 Å². The topological polar surface area (TPSA) is 43.8 Å². The van der Waals surface area contributed by atoms with Crippen LogP contribution < -0.4 is 4.90 Å². The van der Waals surface area contributed by atoms with Crippen molar-refractivity contribution < 1.29 is 9.90 Å². The van der Waals surface area contributed by atoms with Crippen LogP contribution in [0.25, 0.3) is 11.1 Å². The molecular formula is C25H32N2O2. The summed E-state index contributed by atoms with van der Waals surface area (Å²) < 4.78 is 0. The lowest BCUT2D eigenvalue weighted by Crippen LogP contribution is -2.51. The molecule has 0 atom stereocenters. The zero-order valence-electron chi connectivity index (χ0n) is 17.6. The number of piperazine rings is 1. The second kappa shape index (κ2) is 8.19. The lowest BCUT2D eigenvalue weighted by molar-refractivity contribution is 0.0697. The highest BCUT2D eigenvalue weighted by Gasteiger charge is 2.31. The van der Waals surface area contributed by atoms with Gasteiger partial charge in [0.05, 0.1) is 5.56 Å². The summed E-state index contributed by atoms with van der Waals surface area (Å²) in [6, 6.07) is 16.5. The number of benzene rings is 2. The first-order chi connectivity index (χ1) is 13.9. The minimum absolute atomic E-state index is 0.324. The van der Waals surface area contributed by atoms with Gasteiger partial charge in [-0.2, -0.15) is 0 Å². The lowest BCUT2D eigenvalue weighted by atomic mass is 9.75. The van der Waals surface area contributed by atoms with E-state index in [0.29, 0.717) is 11.0 Å². The van der Waals surface area contributed by atoms with Crippen molar-refractivity contribution in [1.82, 2.24) is 4.90 Å². The van der Waals surface area contributed by atoms with Crippen LogP contribution in [-0.4, -0.2) is 48.2 Å². The van der Waals surface area contributed by atoms with E-state index in [2.05, 4.69) is 47.9 Å². The van der Waals surface area contributed by atoms with E-state index < -0.39 is 5.97 Å². The Morgan fingerprint density at radius 1 is 0.862 bits per heavy atom. The molecule has 1 aliphatic heterocycles. The number of anilines is 1. The van der Waals surface area contributed by atoms with Gasteiger partial charge < -0.3 is 10.0 Å². The summed E-state index contributed by atoms with van der Waals surface area (Å²) in [5, 5.41) is 9.04. The molecule has 2 aromatic rings. The highest BCUT2D eigenvalue weighted by Crippen LogP contribution is 2.37. The van der Waals surface area contributed by atoms with E-state index in [4.69, 9.17) is 5.11 Å². The monoisotopic (exact) mass is 392 g/mol. The molecular weight excluding hydrogens is 360 g/mol. The van der Waals surface area contributed by atoms with E-state index in [0.717, 1.165) is 43.3 Å². The summed E-state index contributed by atoms with van der Waals surface area (Å²) in [6.45, 7) is 9.31. The molecule has 29 heavy (non-hydrogen) atoms. The molecule has 4 nitrogen and oxygen atoms in total. The Bertz CT molecular complexity index is 824. The van der Waals surface area contributed by atoms with Crippen LogP contribution in [0.4, 0.5) is 5.69 Å². The molecule has 1 heterocycles. The average Bonchev–Trinajstić information content (AvgIpc) is 2.74. The Morgan fingerprint density at radius 3 is 1.90 bits per heavy atom. The number of rotatable bonds is 4. The van der Waals surface area contributed by atoms with Gasteiger partial charge in [0.15, 0.2) is 0 Å². The fraction of sp³-hybridized carbons (Fsp3) is 0.480. The van der Waals surface area contributed by atoms with Crippen LogP contribution in [0.3, 0.4) is 0 Å². The largest absolute Gasteiger partial charge is 0.478 e. The maximum absolute atomic E-state index is 11.0. The van der Waals surface area contributed by atoms with Crippen molar-refractivity contribution >= 4 is 11.7 Å². The summed E-state index contributed by atoms with van der Waals surface area (Å²) in [5.41, 5.74) is 4.31. The molecule has 2 fully saturated rings. The zero-order valence-corrected chi connectivity index (χ0v) is 17.6. The van der Waals surface area contributed by atoms with Crippen molar-refractivity contribution in [3.05, 3.63) is 54.1 Å². The minimum Gasteiger partial charge on any atom is -0.478 e. The first-order valence-electron chi connectivity index (χ1n) is 10.8. The number of carbonyl (C=O) groups is 1. The zero-order chi connectivity index (χ0) is 20.4. The van der Waals surface area contributed by atoms with Crippen molar-refractivity contribution in [3.63, 3.8) is 0 Å². The number of nitrogens with zero attached hydrogens (tertiary/aromatic N) is 2. The van der Waals surface area contributed by atoms with Gasteiger partial charge in [-0.15, -0.1) is 0 Å². The van der Waals surface area contributed by atoms with Gasteiger partial charge in [0, 0.05) is 37.9 Å². The molecule has 1 aliphatic carbocycles. The lowest BCUT2D eigenvalue weighted by Gasteiger charge is -2.44. The van der Waals surface area contributed by atoms with Gasteiger partial charge in [-0.05, 0) is 66.5 Å². The number of aromatic carboxylic acids is 1. The van der Waals surface area contributed by atoms with Crippen LogP contribution in [0, 0.1) is 5.41 Å². The Balaban J connectivity index is 1.34. The third-order valence-corrected chi connectivity index (χ3v) is 6.84. The number of hydrogen-bond donors (Lipinski definition) is 1. The molecule has 154 valence electrons. The molecule has 2 aliphatic rings. The van der Waals surface area contributed by atoms with Crippen molar-refractivity contribution in [3.8, 4) is 11.1 Å². The summed E-state index contributed by atoms with van der Waals surface area (Å²) >= 11 is 0. The van der Waals surface area contributed by atoms with E-state index in [9.17, 15) is 4.79 Å². The van der Waals surface area contributed by atoms with Crippen molar-refractivity contribution in [2.75, 3.05) is 31.1 Å². The van der Waals surface area contributed by atoms with Gasteiger partial charge in [-0.1, -0.05) is 38.1 Å². The number of carboxylic acids is 1. The average molecular weight is 393 g/mol. The normalized spacial score (nSPS) is 20.6. The molecule has 4 rings (SSSR count). The highest BCUT2D eigenvalue weighted by molar-refractivity contribution is 5.88. The molecule has 1 N–H and O–H groups in total. The van der Waals surface area contributed by atoms with E-state index in [1.165, 1.54) is 31.4 Å². The van der Waals surface area contributed by atoms with Crippen LogP contribution in [0.1, 0.15) is 49.9 Å². The fourth-order valence-electron chi connectivity index (χ4n) is 4.76. The van der Waals surface area contributed by atoms with Crippen LogP contribution in [0.5, 0.6) is 0 Å². The number of hydrogen-bond acceptors (Lipinski definition) is 3. The summed E-state index contributed by atoms with van der Waals surface area (Å²) in [7, 11) is 0. The number of carboxylic acid groups (broad SMARTS) is 1. The minimum atomic E-state index is -0.886. The predicted molar refractivity (Wildman–Crippen MR) is 119 cm³/mol. The molecule has 4 heteroatoms. The summed E-state index contributed by atoms with van der Waals surface area (Å²) in [6.07, 6.45) is 5.41. The van der Waals surface area contributed by atoms with Crippen molar-refractivity contribution in [1.29, 1.82) is 0 Å². The van der Waals surface area contributed by atoms with Gasteiger partial charge >= 0.3 is 5.97 Å². The molecule has 1 saturated heterocycles. The Kier molecular flexibility index (Phi) is 5.64. The molecule has 0 radical (unpaired) electrons. The SMILES string of the molecule is CC1(C)CCC(N2CCN(c3ccc(-c4ccc(C(=O)O)cc4)cc3)CC2)CC1. The third kappa shape index (κ3) is 4.64. The molecule has 1 saturated carbocycles. The Morgan fingerprint density at radius 2 is 1.38 bits per heavy atom. The van der Waals surface area contributed by atoms with Crippen LogP contribution in [-0.2, 0) is 0 Å². The quantitative estimate of drug-likeness (QED) is 0.782. The van der Waals surface area contributed by atoms with Gasteiger partial charge in [0.25, 0.3) is 0 Å². The Hall–Kier alpha value is -2.33. The molecule has 0 amide bonds. The van der Waals surface area contributed by atoms with E-state index in [1.54, 1.807) is 12.1 Å². The first-order valence-corrected chi connectivity index (χ1v) is 10.8. The van der Waals surface area contributed by atoms with Crippen molar-refractivity contribution in [2.24, 2.45) is 5.41 Å². The van der Waals surface area contributed by atoms with E-state index in [-0.39, 0.29) is 0 Å². The second-order valence-electron chi connectivity index (χ2n) is 9.35. The Labute approximate surface area is 174 Å². The summed E-state index contributed by atoms with van der Waals surface area (Å²) in [4.78, 5) is 16.2. The molecule has 0 aromatic heterocycles. The van der Waals surface area contributed by atoms with Gasteiger partial charge in [0.1, 0.15) is 0 Å². The predicted octanol–water partition coefficient (Wildman–Crippen LogP) is 5.14. The molecule has 0 spiro atoms. The van der Waals surface area contributed by atoms with Crippen LogP contribution in [0.2, 0.25) is 0 Å². The molecule has 2 aromatic carbocycles. The smallest absolute Gasteiger partial charge is 0.335 e. The maximum Gasteiger partial charge on any atom is 0.335 e. The second-order valence-corrected chi connectivity index (χ2v) is 9.35. The standard InChI is InChI=1S/C25H32N2O2/c1-25(2)13-11-23(12-14-25)27-17-15-26(16-18-27)22-9-7-20(8-10-22)19-3-5-21(6-4-19)24(28)29/h3-10,23H,11-18H2,1-2H3,(H,28,29). The van der Waals surface area contributed by atoms with Crippen molar-refractivity contribution in [2.45, 2.75) is 45.6 Å². The maximum atomic E-state index is 11.0. The van der Waals surface area contributed by atoms with Gasteiger partial charge in [0.2, 0.25) is 0 Å². The summed E-state index contributed by atoms with van der Waals surface area (Å²) in [5.74, 6) is -0.886. The van der Waals surface area contributed by atoms with Gasteiger partial charge in [-0.25, -0.2) is 4.79 Å². The highest BCUT2D eigenvalue weighted by atomic mass is 16.4. The third-order valence-electron chi connectivity index (χ3n) is 6.84. The molecule has 0 unspecified atom stereocenters.